The summed E-state index contributed by atoms with van der Waals surface area (Å²) in [6.07, 6.45) is 0. The van der Waals surface area contributed by atoms with Gasteiger partial charge in [0.05, 0.1) is 17.1 Å². The third kappa shape index (κ3) is 3.19. The van der Waals surface area contributed by atoms with Gasteiger partial charge in [-0.25, -0.2) is 0 Å². The van der Waals surface area contributed by atoms with Crippen molar-refractivity contribution in [2.75, 3.05) is 7.05 Å². The average Bonchev–Trinajstić information content (AvgIpc) is 3.25. The molecule has 0 unspecified atom stereocenters. The molecule has 1 amide bonds. The Kier molecular flexibility index (Phi) is 4.59. The summed E-state index contributed by atoms with van der Waals surface area (Å²) in [5.74, 6) is 0.679. The molecule has 0 aliphatic heterocycles. The van der Waals surface area contributed by atoms with Crippen LogP contribution in [0.25, 0.3) is 32.8 Å². The first-order chi connectivity index (χ1) is 15.0. The van der Waals surface area contributed by atoms with Crippen LogP contribution in [0.15, 0.2) is 88.1 Å². The number of aromatic nitrogens is 1. The van der Waals surface area contributed by atoms with Crippen LogP contribution in [-0.4, -0.2) is 22.4 Å². The number of furan rings is 1. The Morgan fingerprint density at radius 1 is 0.935 bits per heavy atom. The first kappa shape index (κ1) is 19.1. The maximum absolute atomic E-state index is 13.3. The average molecular weight is 410 g/mol. The van der Waals surface area contributed by atoms with E-state index in [2.05, 4.69) is 0 Å². The summed E-state index contributed by atoms with van der Waals surface area (Å²) in [4.78, 5) is 27.9. The summed E-state index contributed by atoms with van der Waals surface area (Å²) in [5, 5.41) is 2.24. The lowest BCUT2D eigenvalue weighted by molar-refractivity contribution is -0.132. The normalized spacial score (nSPS) is 12.5. The smallest absolute Gasteiger partial charge is 0.242 e. The second kappa shape index (κ2) is 7.43. The minimum absolute atomic E-state index is 0.0149. The maximum atomic E-state index is 13.3. The molecule has 5 nitrogen and oxygen atoms in total. The Labute approximate surface area is 179 Å². The van der Waals surface area contributed by atoms with Gasteiger partial charge in [-0.1, -0.05) is 42.5 Å². The molecule has 31 heavy (non-hydrogen) atoms. The van der Waals surface area contributed by atoms with Gasteiger partial charge in [0.2, 0.25) is 5.91 Å². The Balaban J connectivity index is 1.53. The zero-order valence-corrected chi connectivity index (χ0v) is 17.4. The number of carbonyl (C=O) groups excluding carboxylic acids is 1. The van der Waals surface area contributed by atoms with Gasteiger partial charge in [0.15, 0.2) is 5.43 Å². The minimum Gasteiger partial charge on any atom is -0.459 e. The van der Waals surface area contributed by atoms with Crippen LogP contribution in [0, 0.1) is 0 Å². The molecule has 1 atom stereocenters. The van der Waals surface area contributed by atoms with Gasteiger partial charge in [0, 0.05) is 23.2 Å². The SMILES string of the molecule is C[C@@H](c1cc2ccccc2o1)N(C)C(=O)Cn1c2ccccc2c(=O)c2ccccc21. The molecule has 3 aromatic carbocycles. The second-order valence-corrected chi connectivity index (χ2v) is 7.82. The van der Waals surface area contributed by atoms with Gasteiger partial charge in [0.1, 0.15) is 17.9 Å². The Morgan fingerprint density at radius 2 is 1.52 bits per heavy atom. The first-order valence-corrected chi connectivity index (χ1v) is 10.3. The predicted octanol–water partition coefficient (Wildman–Crippen LogP) is 5.12. The third-order valence-electron chi connectivity index (χ3n) is 6.00. The molecular formula is C26H22N2O3. The van der Waals surface area contributed by atoms with Crippen molar-refractivity contribution in [2.45, 2.75) is 19.5 Å². The Bertz CT molecular complexity index is 1400. The Hall–Kier alpha value is -3.86. The fraction of sp³-hybridized carbons (Fsp3) is 0.154. The number of hydrogen-bond acceptors (Lipinski definition) is 3. The van der Waals surface area contributed by atoms with E-state index in [1.165, 1.54) is 0 Å². The van der Waals surface area contributed by atoms with Crippen LogP contribution in [0.2, 0.25) is 0 Å². The predicted molar refractivity (Wildman–Crippen MR) is 123 cm³/mol. The van der Waals surface area contributed by atoms with E-state index in [9.17, 15) is 9.59 Å². The molecule has 5 rings (SSSR count). The molecule has 2 heterocycles. The van der Waals surface area contributed by atoms with Gasteiger partial charge in [-0.3, -0.25) is 9.59 Å². The molecule has 5 aromatic rings. The van der Waals surface area contributed by atoms with Crippen LogP contribution in [0.3, 0.4) is 0 Å². The highest BCUT2D eigenvalue weighted by molar-refractivity contribution is 5.95. The highest BCUT2D eigenvalue weighted by Gasteiger charge is 2.22. The van der Waals surface area contributed by atoms with E-state index in [-0.39, 0.29) is 23.9 Å². The molecule has 0 saturated carbocycles. The molecule has 0 bridgehead atoms. The summed E-state index contributed by atoms with van der Waals surface area (Å²) in [6, 6.07) is 24.4. The first-order valence-electron chi connectivity index (χ1n) is 10.3. The van der Waals surface area contributed by atoms with Crippen LogP contribution >= 0.6 is 0 Å². The fourth-order valence-corrected chi connectivity index (χ4v) is 4.11. The molecule has 0 fully saturated rings. The monoisotopic (exact) mass is 410 g/mol. The number of rotatable bonds is 4. The number of hydrogen-bond donors (Lipinski definition) is 0. The lowest BCUT2D eigenvalue weighted by atomic mass is 10.1. The van der Waals surface area contributed by atoms with Crippen molar-refractivity contribution in [2.24, 2.45) is 0 Å². The van der Waals surface area contributed by atoms with E-state index in [1.807, 2.05) is 90.4 Å². The van der Waals surface area contributed by atoms with Crippen molar-refractivity contribution in [1.29, 1.82) is 0 Å². The summed E-state index contributed by atoms with van der Waals surface area (Å²) < 4.78 is 7.89. The van der Waals surface area contributed by atoms with Gasteiger partial charge in [-0.2, -0.15) is 0 Å². The molecule has 0 saturated heterocycles. The van der Waals surface area contributed by atoms with Gasteiger partial charge < -0.3 is 13.9 Å². The highest BCUT2D eigenvalue weighted by Crippen LogP contribution is 2.27. The molecule has 0 aliphatic rings. The number of para-hydroxylation sites is 3. The number of nitrogens with zero attached hydrogens (tertiary/aromatic N) is 2. The van der Waals surface area contributed by atoms with Crippen molar-refractivity contribution in [3.63, 3.8) is 0 Å². The van der Waals surface area contributed by atoms with Gasteiger partial charge in [-0.05, 0) is 43.3 Å². The van der Waals surface area contributed by atoms with Gasteiger partial charge >= 0.3 is 0 Å². The van der Waals surface area contributed by atoms with Crippen LogP contribution in [-0.2, 0) is 11.3 Å². The van der Waals surface area contributed by atoms with Crippen molar-refractivity contribution < 1.29 is 9.21 Å². The summed E-state index contributed by atoms with van der Waals surface area (Å²) in [7, 11) is 1.78. The molecular weight excluding hydrogens is 388 g/mol. The number of likely N-dealkylation sites (N-methyl/N-ethyl adjacent to an activating group) is 1. The topological polar surface area (TPSA) is 55.5 Å². The van der Waals surface area contributed by atoms with Crippen LogP contribution in [0.1, 0.15) is 18.7 Å². The van der Waals surface area contributed by atoms with Crippen LogP contribution in [0.5, 0.6) is 0 Å². The van der Waals surface area contributed by atoms with E-state index < -0.39 is 0 Å². The van der Waals surface area contributed by atoms with E-state index in [1.54, 1.807) is 11.9 Å². The number of fused-ring (bicyclic) bond motifs is 3. The largest absolute Gasteiger partial charge is 0.459 e. The molecule has 5 heteroatoms. The second-order valence-electron chi connectivity index (χ2n) is 7.82. The minimum atomic E-state index is -0.225. The van der Waals surface area contributed by atoms with Crippen molar-refractivity contribution in [3.05, 3.63) is 94.8 Å². The molecule has 154 valence electrons. The molecule has 0 radical (unpaired) electrons. The fourth-order valence-electron chi connectivity index (χ4n) is 4.11. The lowest BCUT2D eigenvalue weighted by Gasteiger charge is -2.25. The number of amides is 1. The zero-order valence-electron chi connectivity index (χ0n) is 17.4. The standard InChI is InChI=1S/C26H22N2O3/c1-17(24-15-18-9-3-8-14-23(18)31-24)27(2)25(29)16-28-21-12-6-4-10-19(21)26(30)20-11-5-7-13-22(20)28/h3-15,17H,16H2,1-2H3/t17-/m0/s1. The Morgan fingerprint density at radius 3 is 2.16 bits per heavy atom. The van der Waals surface area contributed by atoms with Gasteiger partial charge in [-0.15, -0.1) is 0 Å². The molecule has 0 N–H and O–H groups in total. The number of pyridine rings is 1. The van der Waals surface area contributed by atoms with Crippen molar-refractivity contribution in [3.8, 4) is 0 Å². The third-order valence-corrected chi connectivity index (χ3v) is 6.00. The quantitative estimate of drug-likeness (QED) is 0.387. The maximum Gasteiger partial charge on any atom is 0.242 e. The molecule has 0 spiro atoms. The van der Waals surface area contributed by atoms with E-state index in [0.29, 0.717) is 10.8 Å². The van der Waals surface area contributed by atoms with E-state index >= 15 is 0 Å². The van der Waals surface area contributed by atoms with Crippen molar-refractivity contribution in [1.82, 2.24) is 9.47 Å². The highest BCUT2D eigenvalue weighted by atomic mass is 16.3. The van der Waals surface area contributed by atoms with E-state index in [4.69, 9.17) is 4.42 Å². The van der Waals surface area contributed by atoms with E-state index in [0.717, 1.165) is 27.8 Å². The summed E-state index contributed by atoms with van der Waals surface area (Å²) in [5.41, 5.74) is 2.30. The number of benzene rings is 3. The summed E-state index contributed by atoms with van der Waals surface area (Å²) >= 11 is 0. The summed E-state index contributed by atoms with van der Waals surface area (Å²) in [6.45, 7) is 2.08. The molecule has 0 aliphatic carbocycles. The van der Waals surface area contributed by atoms with Crippen LogP contribution < -0.4 is 5.43 Å². The zero-order chi connectivity index (χ0) is 21.5. The molecule has 2 aromatic heterocycles. The van der Waals surface area contributed by atoms with Crippen molar-refractivity contribution >= 4 is 38.7 Å². The number of carbonyl (C=O) groups is 1. The lowest BCUT2D eigenvalue weighted by Crippen LogP contribution is -2.33. The van der Waals surface area contributed by atoms with Crippen LogP contribution in [0.4, 0.5) is 0 Å². The van der Waals surface area contributed by atoms with Gasteiger partial charge in [0.25, 0.3) is 0 Å².